The van der Waals surface area contributed by atoms with Crippen LogP contribution in [-0.4, -0.2) is 54.2 Å². The number of nitrogens with zero attached hydrogens (tertiary/aromatic N) is 3. The lowest BCUT2D eigenvalue weighted by Gasteiger charge is -2.31. The minimum Gasteiger partial charge on any atom is -0.493 e. The Morgan fingerprint density at radius 3 is 2.45 bits per heavy atom. The maximum atomic E-state index is 12.5. The van der Waals surface area contributed by atoms with Gasteiger partial charge in [0.25, 0.3) is 0 Å². The van der Waals surface area contributed by atoms with E-state index in [1.54, 1.807) is 26.4 Å². The number of carbonyl (C=O) groups is 1. The molecule has 1 aromatic carbocycles. The maximum absolute atomic E-state index is 12.5. The van der Waals surface area contributed by atoms with Gasteiger partial charge in [0.05, 0.1) is 14.2 Å². The molecule has 0 radical (unpaired) electrons. The van der Waals surface area contributed by atoms with Gasteiger partial charge in [0.2, 0.25) is 11.8 Å². The Bertz CT molecular complexity index is 869. The van der Waals surface area contributed by atoms with Crippen LogP contribution in [0, 0.1) is 13.8 Å². The van der Waals surface area contributed by atoms with Crippen LogP contribution in [-0.2, 0) is 4.79 Å². The molecule has 2 heterocycles. The van der Waals surface area contributed by atoms with Gasteiger partial charge in [-0.3, -0.25) is 4.79 Å². The van der Waals surface area contributed by atoms with E-state index in [0.29, 0.717) is 36.3 Å². The number of amides is 1. The summed E-state index contributed by atoms with van der Waals surface area (Å²) < 4.78 is 16.5. The molecule has 2 aromatic rings. The number of rotatable bonds is 6. The summed E-state index contributed by atoms with van der Waals surface area (Å²) in [4.78, 5) is 23.0. The molecule has 0 bridgehead atoms. The number of aromatic nitrogens is 2. The Labute approximate surface area is 171 Å². The van der Waals surface area contributed by atoms with Gasteiger partial charge in [0.1, 0.15) is 11.9 Å². The Morgan fingerprint density at radius 1 is 1.07 bits per heavy atom. The van der Waals surface area contributed by atoms with Gasteiger partial charge in [-0.25, -0.2) is 4.98 Å². The van der Waals surface area contributed by atoms with Crippen molar-refractivity contribution in [2.45, 2.75) is 32.8 Å². The van der Waals surface area contributed by atoms with Crippen molar-refractivity contribution < 1.29 is 19.0 Å². The summed E-state index contributed by atoms with van der Waals surface area (Å²) in [6.45, 7) is 5.09. The number of aryl methyl sites for hydroxylation is 2. The molecule has 7 heteroatoms. The fourth-order valence-electron chi connectivity index (χ4n) is 3.34. The lowest BCUT2D eigenvalue weighted by molar-refractivity contribution is -0.127. The molecule has 0 spiro atoms. The highest BCUT2D eigenvalue weighted by atomic mass is 16.5. The molecule has 0 aliphatic carbocycles. The predicted octanol–water partition coefficient (Wildman–Crippen LogP) is 3.19. The number of hydrogen-bond donors (Lipinski definition) is 0. The van der Waals surface area contributed by atoms with Gasteiger partial charge in [-0.15, -0.1) is 0 Å². The quantitative estimate of drug-likeness (QED) is 0.697. The molecule has 1 amide bonds. The van der Waals surface area contributed by atoms with Gasteiger partial charge in [0, 0.05) is 43.8 Å². The van der Waals surface area contributed by atoms with E-state index in [0.717, 1.165) is 24.1 Å². The van der Waals surface area contributed by atoms with Crippen molar-refractivity contribution in [3.8, 4) is 17.4 Å². The van der Waals surface area contributed by atoms with Gasteiger partial charge in [-0.1, -0.05) is 6.07 Å². The summed E-state index contributed by atoms with van der Waals surface area (Å²) in [5.41, 5.74) is 1.77. The predicted molar refractivity (Wildman–Crippen MR) is 110 cm³/mol. The number of hydrogen-bond acceptors (Lipinski definition) is 6. The zero-order valence-corrected chi connectivity index (χ0v) is 17.3. The van der Waals surface area contributed by atoms with Crippen LogP contribution >= 0.6 is 0 Å². The molecule has 7 nitrogen and oxygen atoms in total. The summed E-state index contributed by atoms with van der Waals surface area (Å²) in [5.74, 6) is 2.59. The molecule has 1 aliphatic heterocycles. The third kappa shape index (κ3) is 5.47. The Hall–Kier alpha value is -3.09. The fraction of sp³-hybridized carbons (Fsp3) is 0.409. The zero-order valence-electron chi connectivity index (χ0n) is 17.3. The van der Waals surface area contributed by atoms with Crippen molar-refractivity contribution >= 4 is 12.0 Å². The summed E-state index contributed by atoms with van der Waals surface area (Å²) in [6.07, 6.45) is 5.00. The molecule has 1 fully saturated rings. The van der Waals surface area contributed by atoms with Crippen LogP contribution in [0.4, 0.5) is 0 Å². The second-order valence-electron chi connectivity index (χ2n) is 6.99. The van der Waals surface area contributed by atoms with Crippen molar-refractivity contribution in [1.29, 1.82) is 0 Å². The van der Waals surface area contributed by atoms with Crippen molar-refractivity contribution in [1.82, 2.24) is 14.9 Å². The second-order valence-corrected chi connectivity index (χ2v) is 6.99. The molecule has 0 atom stereocenters. The highest BCUT2D eigenvalue weighted by molar-refractivity contribution is 5.91. The van der Waals surface area contributed by atoms with Crippen molar-refractivity contribution in [3.63, 3.8) is 0 Å². The first-order valence-electron chi connectivity index (χ1n) is 9.66. The largest absolute Gasteiger partial charge is 0.493 e. The number of benzene rings is 1. The van der Waals surface area contributed by atoms with Gasteiger partial charge in [-0.2, -0.15) is 4.98 Å². The van der Waals surface area contributed by atoms with Crippen molar-refractivity contribution in [3.05, 3.63) is 47.4 Å². The number of carbonyl (C=O) groups excluding carboxylic acids is 1. The zero-order chi connectivity index (χ0) is 20.8. The van der Waals surface area contributed by atoms with E-state index in [-0.39, 0.29) is 12.0 Å². The molecule has 29 heavy (non-hydrogen) atoms. The average Bonchev–Trinajstić information content (AvgIpc) is 2.71. The monoisotopic (exact) mass is 397 g/mol. The third-order valence-corrected chi connectivity index (χ3v) is 4.81. The van der Waals surface area contributed by atoms with Gasteiger partial charge >= 0.3 is 0 Å². The van der Waals surface area contributed by atoms with Crippen molar-refractivity contribution in [2.75, 3.05) is 27.3 Å². The van der Waals surface area contributed by atoms with Crippen LogP contribution in [0.25, 0.3) is 6.08 Å². The molecular formula is C22H27N3O4. The number of likely N-dealkylation sites (tertiary alicyclic amines) is 1. The number of piperidine rings is 1. The molecule has 0 saturated carbocycles. The average molecular weight is 397 g/mol. The summed E-state index contributed by atoms with van der Waals surface area (Å²) >= 11 is 0. The first-order chi connectivity index (χ1) is 14.0. The van der Waals surface area contributed by atoms with Crippen LogP contribution in [0.15, 0.2) is 30.3 Å². The Morgan fingerprint density at radius 2 is 1.79 bits per heavy atom. The molecule has 3 rings (SSSR count). The number of ether oxygens (including phenoxy) is 3. The molecule has 0 unspecified atom stereocenters. The van der Waals surface area contributed by atoms with E-state index >= 15 is 0 Å². The molecule has 154 valence electrons. The van der Waals surface area contributed by atoms with Crippen LogP contribution in [0.1, 0.15) is 29.9 Å². The molecule has 0 N–H and O–H groups in total. The molecule has 1 saturated heterocycles. The maximum Gasteiger partial charge on any atom is 0.246 e. The van der Waals surface area contributed by atoms with E-state index in [1.807, 2.05) is 43.0 Å². The van der Waals surface area contributed by atoms with E-state index in [1.165, 1.54) is 0 Å². The van der Waals surface area contributed by atoms with Gasteiger partial charge in [-0.05, 0) is 37.6 Å². The SMILES string of the molecule is COc1ccc(/C=C/C(=O)N2CCC(Oc3cc(C)nc(C)n3)CC2)cc1OC. The highest BCUT2D eigenvalue weighted by Crippen LogP contribution is 2.28. The van der Waals surface area contributed by atoms with Crippen LogP contribution in [0.2, 0.25) is 0 Å². The lowest BCUT2D eigenvalue weighted by Crippen LogP contribution is -2.41. The summed E-state index contributed by atoms with van der Waals surface area (Å²) in [6, 6.07) is 7.39. The van der Waals surface area contributed by atoms with Gasteiger partial charge in [0.15, 0.2) is 11.5 Å². The van der Waals surface area contributed by atoms with E-state index in [9.17, 15) is 4.79 Å². The normalized spacial score (nSPS) is 14.8. The number of methoxy groups -OCH3 is 2. The minimum absolute atomic E-state index is 0.00744. The minimum atomic E-state index is -0.00744. The second kappa shape index (κ2) is 9.41. The van der Waals surface area contributed by atoms with Crippen molar-refractivity contribution in [2.24, 2.45) is 0 Å². The van der Waals surface area contributed by atoms with E-state index in [4.69, 9.17) is 14.2 Å². The van der Waals surface area contributed by atoms with Crippen LogP contribution in [0.5, 0.6) is 17.4 Å². The van der Waals surface area contributed by atoms with E-state index in [2.05, 4.69) is 9.97 Å². The molecule has 1 aromatic heterocycles. The third-order valence-electron chi connectivity index (χ3n) is 4.81. The van der Waals surface area contributed by atoms with E-state index < -0.39 is 0 Å². The standard InChI is InChI=1S/C22H27N3O4/c1-15-13-21(24-16(2)23-15)29-18-9-11-25(12-10-18)22(26)8-6-17-5-7-19(27-3)20(14-17)28-4/h5-8,13-14,18H,9-12H2,1-4H3/b8-6+. The summed E-state index contributed by atoms with van der Waals surface area (Å²) in [5, 5.41) is 0. The Kier molecular flexibility index (Phi) is 6.69. The molecular weight excluding hydrogens is 370 g/mol. The Balaban J connectivity index is 1.54. The van der Waals surface area contributed by atoms with Gasteiger partial charge < -0.3 is 19.1 Å². The first-order valence-corrected chi connectivity index (χ1v) is 9.66. The smallest absolute Gasteiger partial charge is 0.246 e. The first kappa shape index (κ1) is 20.6. The topological polar surface area (TPSA) is 73.8 Å². The molecule has 1 aliphatic rings. The van der Waals surface area contributed by atoms with Crippen LogP contribution < -0.4 is 14.2 Å². The van der Waals surface area contributed by atoms with Crippen LogP contribution in [0.3, 0.4) is 0 Å². The summed E-state index contributed by atoms with van der Waals surface area (Å²) in [7, 11) is 3.18. The lowest BCUT2D eigenvalue weighted by atomic mass is 10.1. The highest BCUT2D eigenvalue weighted by Gasteiger charge is 2.23. The fourth-order valence-corrected chi connectivity index (χ4v) is 3.34.